The SMILES string of the molecule is C=CCN(C)C(=O)[C@@H]1[C@H]2C(=O)N([C@@H](CO)Cc3ccccc3)C(C(=O)N(CC=C)c3cc(C)ccc3C)C23CC(C)[C@@]1(C)O3. The van der Waals surface area contributed by atoms with E-state index in [0.717, 1.165) is 22.4 Å². The molecule has 0 saturated carbocycles. The van der Waals surface area contributed by atoms with E-state index in [0.29, 0.717) is 19.4 Å². The van der Waals surface area contributed by atoms with E-state index in [2.05, 4.69) is 13.2 Å². The van der Waals surface area contributed by atoms with Gasteiger partial charge in [0.05, 0.1) is 30.1 Å². The highest BCUT2D eigenvalue weighted by atomic mass is 16.5. The Morgan fingerprint density at radius 2 is 1.80 bits per heavy atom. The Bertz CT molecular complexity index is 1460. The molecule has 2 aromatic carbocycles. The molecular formula is C36H45N3O5. The Morgan fingerprint density at radius 1 is 1.11 bits per heavy atom. The molecule has 7 atom stereocenters. The maximum Gasteiger partial charge on any atom is 0.253 e. The largest absolute Gasteiger partial charge is 0.394 e. The second kappa shape index (κ2) is 12.0. The number of aryl methyl sites for hydroxylation is 2. The molecule has 3 heterocycles. The lowest BCUT2D eigenvalue weighted by Gasteiger charge is -2.40. The molecule has 3 unspecified atom stereocenters. The number of hydrogen-bond acceptors (Lipinski definition) is 5. The molecule has 1 N–H and O–H groups in total. The Labute approximate surface area is 261 Å². The molecule has 3 amide bonds. The Kier molecular flexibility index (Phi) is 8.62. The number of rotatable bonds is 11. The summed E-state index contributed by atoms with van der Waals surface area (Å²) >= 11 is 0. The summed E-state index contributed by atoms with van der Waals surface area (Å²) in [5, 5.41) is 10.8. The third-order valence-electron chi connectivity index (χ3n) is 10.2. The van der Waals surface area contributed by atoms with Crippen molar-refractivity contribution in [2.75, 3.05) is 31.6 Å². The van der Waals surface area contributed by atoms with Gasteiger partial charge in [0.25, 0.3) is 5.91 Å². The van der Waals surface area contributed by atoms with E-state index in [9.17, 15) is 14.7 Å². The average molecular weight is 600 g/mol. The van der Waals surface area contributed by atoms with Crippen LogP contribution in [0.2, 0.25) is 0 Å². The zero-order valence-electron chi connectivity index (χ0n) is 26.5. The summed E-state index contributed by atoms with van der Waals surface area (Å²) in [6.45, 7) is 15.8. The van der Waals surface area contributed by atoms with Crippen LogP contribution >= 0.6 is 0 Å². The van der Waals surface area contributed by atoms with Gasteiger partial charge in [-0.25, -0.2) is 0 Å². The fourth-order valence-electron chi connectivity index (χ4n) is 7.98. The lowest BCUT2D eigenvalue weighted by Crippen LogP contribution is -2.59. The molecule has 3 fully saturated rings. The maximum atomic E-state index is 15.1. The van der Waals surface area contributed by atoms with Gasteiger partial charge in [0.1, 0.15) is 11.6 Å². The highest BCUT2D eigenvalue weighted by Gasteiger charge is 2.80. The third kappa shape index (κ3) is 4.88. The quantitative estimate of drug-likeness (QED) is 0.393. The second-order valence-electron chi connectivity index (χ2n) is 13.0. The van der Waals surface area contributed by atoms with Crippen molar-refractivity contribution in [3.05, 3.63) is 90.5 Å². The van der Waals surface area contributed by atoms with Crippen LogP contribution in [0.25, 0.3) is 0 Å². The van der Waals surface area contributed by atoms with Gasteiger partial charge in [-0.15, -0.1) is 13.2 Å². The molecular weight excluding hydrogens is 554 g/mol. The zero-order chi connectivity index (χ0) is 32.0. The predicted octanol–water partition coefficient (Wildman–Crippen LogP) is 4.08. The summed E-state index contributed by atoms with van der Waals surface area (Å²) in [6.07, 6.45) is 4.13. The molecule has 0 aromatic heterocycles. The van der Waals surface area contributed by atoms with Crippen molar-refractivity contribution in [1.82, 2.24) is 9.80 Å². The van der Waals surface area contributed by atoms with Gasteiger partial charge in [-0.1, -0.05) is 61.5 Å². The molecule has 234 valence electrons. The number of benzene rings is 2. The van der Waals surface area contributed by atoms with Gasteiger partial charge < -0.3 is 24.5 Å². The third-order valence-corrected chi connectivity index (χ3v) is 10.2. The van der Waals surface area contributed by atoms with Gasteiger partial charge in [0.2, 0.25) is 11.8 Å². The van der Waals surface area contributed by atoms with Gasteiger partial charge in [-0.2, -0.15) is 0 Å². The predicted molar refractivity (Wildman–Crippen MR) is 171 cm³/mol. The highest BCUT2D eigenvalue weighted by Crippen LogP contribution is 2.66. The van der Waals surface area contributed by atoms with Crippen LogP contribution in [0.15, 0.2) is 73.8 Å². The molecule has 8 heteroatoms. The van der Waals surface area contributed by atoms with Gasteiger partial charge in [0, 0.05) is 25.8 Å². The minimum atomic E-state index is -1.24. The number of likely N-dealkylation sites (tertiary alicyclic amines) is 1. The normalized spacial score (nSPS) is 29.3. The lowest BCUT2D eigenvalue weighted by atomic mass is 9.62. The number of nitrogens with zero attached hydrogens (tertiary/aromatic N) is 3. The highest BCUT2D eigenvalue weighted by molar-refractivity contribution is 6.05. The molecule has 2 aromatic rings. The summed E-state index contributed by atoms with van der Waals surface area (Å²) in [4.78, 5) is 48.8. The number of anilines is 1. The first kappa shape index (κ1) is 31.7. The van der Waals surface area contributed by atoms with E-state index < -0.39 is 35.1 Å². The Balaban J connectivity index is 1.68. The van der Waals surface area contributed by atoms with E-state index >= 15 is 4.79 Å². The maximum absolute atomic E-state index is 15.1. The van der Waals surface area contributed by atoms with Crippen LogP contribution < -0.4 is 4.90 Å². The van der Waals surface area contributed by atoms with Crippen LogP contribution in [-0.4, -0.2) is 82.7 Å². The summed E-state index contributed by atoms with van der Waals surface area (Å²) < 4.78 is 6.95. The van der Waals surface area contributed by atoms with Crippen LogP contribution in [0.5, 0.6) is 0 Å². The summed E-state index contributed by atoms with van der Waals surface area (Å²) in [5.41, 5.74) is 1.40. The molecule has 0 radical (unpaired) electrons. The van der Waals surface area contributed by atoms with Crippen LogP contribution in [0, 0.1) is 31.6 Å². The number of carbonyl (C=O) groups excluding carboxylic acids is 3. The van der Waals surface area contributed by atoms with Crippen LogP contribution in [0.3, 0.4) is 0 Å². The fraction of sp³-hybridized carbons (Fsp3) is 0.472. The Hall–Kier alpha value is -3.75. The van der Waals surface area contributed by atoms with Gasteiger partial charge in [0.15, 0.2) is 0 Å². The number of aliphatic hydroxyl groups excluding tert-OH is 1. The van der Waals surface area contributed by atoms with E-state index in [1.165, 1.54) is 0 Å². The smallest absolute Gasteiger partial charge is 0.253 e. The van der Waals surface area contributed by atoms with Crippen LogP contribution in [0.4, 0.5) is 5.69 Å². The van der Waals surface area contributed by atoms with E-state index in [1.807, 2.05) is 76.2 Å². The topological polar surface area (TPSA) is 90.4 Å². The van der Waals surface area contributed by atoms with E-state index in [-0.39, 0.29) is 36.8 Å². The van der Waals surface area contributed by atoms with Crippen molar-refractivity contribution in [1.29, 1.82) is 0 Å². The minimum Gasteiger partial charge on any atom is -0.394 e. The standard InChI is InChI=1S/C36H45N3O5/c1-8-17-37(7)32(41)29-30-33(42)39(27(22-40)20-26-13-11-10-12-14-26)31(36(30)21-25(5)35(29,6)44-36)34(43)38(18-9-2)28-19-23(3)15-16-24(28)4/h8-16,19,25,27,29-31,40H,1-2,17-18,20-22H2,3-7H3/t25?,27-,29+,30+,31?,35-,36?/m1/s1. The summed E-state index contributed by atoms with van der Waals surface area (Å²) in [5.74, 6) is -2.57. The molecule has 44 heavy (non-hydrogen) atoms. The first-order chi connectivity index (χ1) is 20.9. The van der Waals surface area contributed by atoms with Gasteiger partial charge >= 0.3 is 0 Å². The minimum absolute atomic E-state index is 0.0943. The molecule has 3 saturated heterocycles. The number of amides is 3. The summed E-state index contributed by atoms with van der Waals surface area (Å²) in [7, 11) is 1.70. The number of carbonyl (C=O) groups is 3. The molecule has 1 spiro atoms. The molecule has 2 bridgehead atoms. The number of likely N-dealkylation sites (N-methyl/N-ethyl adjacent to an activating group) is 1. The van der Waals surface area contributed by atoms with Crippen molar-refractivity contribution < 1.29 is 24.2 Å². The molecule has 8 nitrogen and oxygen atoms in total. The number of fused-ring (bicyclic) bond motifs is 1. The number of ether oxygens (including phenoxy) is 1. The molecule has 5 rings (SSSR count). The monoisotopic (exact) mass is 599 g/mol. The second-order valence-corrected chi connectivity index (χ2v) is 13.0. The van der Waals surface area contributed by atoms with Crippen LogP contribution in [0.1, 0.15) is 37.0 Å². The molecule has 3 aliphatic rings. The number of aliphatic hydroxyl groups is 1. The van der Waals surface area contributed by atoms with Crippen molar-refractivity contribution in [2.45, 2.75) is 63.8 Å². The van der Waals surface area contributed by atoms with Crippen molar-refractivity contribution in [3.8, 4) is 0 Å². The van der Waals surface area contributed by atoms with Crippen molar-refractivity contribution >= 4 is 23.4 Å². The fourth-order valence-corrected chi connectivity index (χ4v) is 7.98. The molecule has 0 aliphatic carbocycles. The van der Waals surface area contributed by atoms with Crippen molar-refractivity contribution in [3.63, 3.8) is 0 Å². The Morgan fingerprint density at radius 3 is 2.43 bits per heavy atom. The lowest BCUT2D eigenvalue weighted by molar-refractivity contribution is -0.153. The van der Waals surface area contributed by atoms with E-state index in [1.54, 1.807) is 33.9 Å². The average Bonchev–Trinajstić information content (AvgIpc) is 3.52. The van der Waals surface area contributed by atoms with Gasteiger partial charge in [-0.05, 0) is 62.3 Å². The zero-order valence-corrected chi connectivity index (χ0v) is 26.5. The van der Waals surface area contributed by atoms with Crippen molar-refractivity contribution in [2.24, 2.45) is 17.8 Å². The number of hydrogen-bond donors (Lipinski definition) is 1. The van der Waals surface area contributed by atoms with Crippen LogP contribution in [-0.2, 0) is 25.5 Å². The molecule has 3 aliphatic heterocycles. The summed E-state index contributed by atoms with van der Waals surface area (Å²) in [6, 6.07) is 13.8. The first-order valence-electron chi connectivity index (χ1n) is 15.5. The first-order valence-corrected chi connectivity index (χ1v) is 15.5. The van der Waals surface area contributed by atoms with E-state index in [4.69, 9.17) is 4.74 Å². The van der Waals surface area contributed by atoms with Gasteiger partial charge in [-0.3, -0.25) is 14.4 Å².